The first-order chi connectivity index (χ1) is 13.5. The van der Waals surface area contributed by atoms with Gasteiger partial charge in [-0.3, -0.25) is 9.59 Å². The molecule has 29 heavy (non-hydrogen) atoms. The monoisotopic (exact) mass is 456 g/mol. The van der Waals surface area contributed by atoms with Crippen molar-refractivity contribution in [3.8, 4) is 0 Å². The molecule has 0 radical (unpaired) electrons. The highest BCUT2D eigenvalue weighted by Crippen LogP contribution is 2.21. The largest absolute Gasteiger partial charge is 0.340 e. The zero-order valence-corrected chi connectivity index (χ0v) is 18.5. The molecule has 0 heterocycles. The Hall–Kier alpha value is -2.09. The first-order valence-electron chi connectivity index (χ1n) is 8.94. The molecule has 1 atom stereocenters. The van der Waals surface area contributed by atoms with Crippen LogP contribution in [0, 0.1) is 5.92 Å². The summed E-state index contributed by atoms with van der Waals surface area (Å²) < 4.78 is 23.8. The third-order valence-corrected chi connectivity index (χ3v) is 6.57. The molecule has 0 saturated heterocycles. The topological polar surface area (TPSA) is 92.3 Å². The van der Waals surface area contributed by atoms with E-state index < -0.39 is 27.7 Å². The number of hydrogen-bond acceptors (Lipinski definition) is 4. The van der Waals surface area contributed by atoms with Crippen molar-refractivity contribution in [2.45, 2.75) is 31.7 Å². The molecule has 0 bridgehead atoms. The van der Waals surface area contributed by atoms with Crippen molar-refractivity contribution >= 4 is 50.5 Å². The van der Waals surface area contributed by atoms with Gasteiger partial charge in [-0.1, -0.05) is 44.0 Å². The van der Waals surface area contributed by atoms with Crippen molar-refractivity contribution in [3.05, 3.63) is 58.1 Å². The minimum atomic E-state index is -3.32. The Bertz CT molecular complexity index is 1010. The predicted octanol–water partition coefficient (Wildman–Crippen LogP) is 4.18. The summed E-state index contributed by atoms with van der Waals surface area (Å²) in [5.41, 5.74) is 0.637. The minimum Gasteiger partial charge on any atom is -0.340 e. The van der Waals surface area contributed by atoms with Gasteiger partial charge in [-0.15, -0.1) is 0 Å². The van der Waals surface area contributed by atoms with Crippen LogP contribution in [0.15, 0.2) is 47.4 Å². The van der Waals surface area contributed by atoms with E-state index in [0.29, 0.717) is 10.7 Å². The van der Waals surface area contributed by atoms with Crippen molar-refractivity contribution in [1.29, 1.82) is 0 Å². The molecule has 0 aromatic heterocycles. The van der Waals surface area contributed by atoms with Gasteiger partial charge in [0, 0.05) is 10.7 Å². The lowest BCUT2D eigenvalue weighted by Gasteiger charge is -2.22. The number of benzene rings is 2. The molecule has 156 valence electrons. The van der Waals surface area contributed by atoms with Crippen LogP contribution < -0.4 is 10.6 Å². The molecule has 2 rings (SSSR count). The second kappa shape index (κ2) is 9.61. The maximum atomic E-state index is 12.7. The number of hydrogen-bond donors (Lipinski definition) is 2. The zero-order chi connectivity index (χ0) is 21.8. The van der Waals surface area contributed by atoms with Gasteiger partial charge in [0.1, 0.15) is 6.04 Å². The van der Waals surface area contributed by atoms with E-state index in [1.807, 2.05) is 0 Å². The molecule has 2 aromatic carbocycles. The van der Waals surface area contributed by atoms with Gasteiger partial charge in [-0.05, 0) is 48.4 Å². The van der Waals surface area contributed by atoms with Gasteiger partial charge in [0.15, 0.2) is 9.84 Å². The van der Waals surface area contributed by atoms with Crippen molar-refractivity contribution in [2.24, 2.45) is 5.92 Å². The van der Waals surface area contributed by atoms with Crippen LogP contribution in [0.4, 0.5) is 5.69 Å². The van der Waals surface area contributed by atoms with Crippen LogP contribution in [-0.2, 0) is 14.6 Å². The third-order valence-electron chi connectivity index (χ3n) is 4.27. The van der Waals surface area contributed by atoms with Crippen molar-refractivity contribution < 1.29 is 18.0 Å². The molecule has 6 nitrogen and oxygen atoms in total. The maximum absolute atomic E-state index is 12.7. The van der Waals surface area contributed by atoms with Gasteiger partial charge >= 0.3 is 0 Å². The lowest BCUT2D eigenvalue weighted by Crippen LogP contribution is -2.47. The van der Waals surface area contributed by atoms with Gasteiger partial charge in [0.2, 0.25) is 5.91 Å². The predicted molar refractivity (Wildman–Crippen MR) is 115 cm³/mol. The summed E-state index contributed by atoms with van der Waals surface area (Å²) in [7, 11) is -3.32. The summed E-state index contributed by atoms with van der Waals surface area (Å²) >= 11 is 11.9. The Kier molecular flexibility index (Phi) is 7.68. The number of carbonyl (C=O) groups is 2. The molecule has 2 N–H and O–H groups in total. The Morgan fingerprint density at radius 2 is 1.66 bits per heavy atom. The summed E-state index contributed by atoms with van der Waals surface area (Å²) in [4.78, 5) is 25.4. The fourth-order valence-corrected chi connectivity index (χ4v) is 3.94. The van der Waals surface area contributed by atoms with Crippen molar-refractivity contribution in [1.82, 2.24) is 5.32 Å². The van der Waals surface area contributed by atoms with Crippen LogP contribution >= 0.6 is 23.2 Å². The molecule has 0 saturated carbocycles. The lowest BCUT2D eigenvalue weighted by atomic mass is 10.0. The Balaban J connectivity index is 2.14. The van der Waals surface area contributed by atoms with Gasteiger partial charge in [-0.2, -0.15) is 0 Å². The summed E-state index contributed by atoms with van der Waals surface area (Å²) in [5.74, 6) is -1.13. The standard InChI is InChI=1S/C20H22Cl2N2O4S/c1-4-29(27,28)15-8-6-14(7-9-15)23-20(26)18(12(2)3)24-19(25)16-10-5-13(21)11-17(16)22/h5-12,18H,4H2,1-3H3,(H,23,26)(H,24,25)/t18-/m1/s1. The van der Waals surface area contributed by atoms with E-state index in [1.165, 1.54) is 36.4 Å². The molecule has 0 spiro atoms. The van der Waals surface area contributed by atoms with E-state index in [9.17, 15) is 18.0 Å². The smallest absolute Gasteiger partial charge is 0.253 e. The molecule has 2 amide bonds. The first-order valence-corrected chi connectivity index (χ1v) is 11.4. The molecule has 9 heteroatoms. The maximum Gasteiger partial charge on any atom is 0.253 e. The van der Waals surface area contributed by atoms with E-state index in [4.69, 9.17) is 23.2 Å². The van der Waals surface area contributed by atoms with Gasteiger partial charge < -0.3 is 10.6 Å². The van der Waals surface area contributed by atoms with Gasteiger partial charge in [0.05, 0.1) is 21.2 Å². The van der Waals surface area contributed by atoms with Crippen LogP contribution in [0.2, 0.25) is 10.0 Å². The number of sulfone groups is 1. The van der Waals surface area contributed by atoms with E-state index in [0.717, 1.165) is 0 Å². The van der Waals surface area contributed by atoms with Gasteiger partial charge in [0.25, 0.3) is 5.91 Å². The van der Waals surface area contributed by atoms with Crippen LogP contribution in [0.25, 0.3) is 0 Å². The van der Waals surface area contributed by atoms with E-state index in [1.54, 1.807) is 26.8 Å². The van der Waals surface area contributed by atoms with Crippen molar-refractivity contribution in [3.63, 3.8) is 0 Å². The number of halogens is 2. The summed E-state index contributed by atoms with van der Waals surface area (Å²) in [6, 6.07) is 9.55. The van der Waals surface area contributed by atoms with E-state index in [2.05, 4.69) is 10.6 Å². The quantitative estimate of drug-likeness (QED) is 0.653. The van der Waals surface area contributed by atoms with E-state index >= 15 is 0 Å². The second-order valence-electron chi connectivity index (χ2n) is 6.74. The second-order valence-corrected chi connectivity index (χ2v) is 9.86. The fourth-order valence-electron chi connectivity index (χ4n) is 2.56. The third kappa shape index (κ3) is 5.95. The van der Waals surface area contributed by atoms with Crippen LogP contribution in [0.3, 0.4) is 0 Å². The highest BCUT2D eigenvalue weighted by molar-refractivity contribution is 7.91. The summed E-state index contributed by atoms with van der Waals surface area (Å²) in [6.45, 7) is 5.16. The number of carbonyl (C=O) groups excluding carboxylic acids is 2. The highest BCUT2D eigenvalue weighted by atomic mass is 35.5. The highest BCUT2D eigenvalue weighted by Gasteiger charge is 2.26. The molecule has 0 fully saturated rings. The Morgan fingerprint density at radius 1 is 1.03 bits per heavy atom. The first kappa shape index (κ1) is 23.2. The Morgan fingerprint density at radius 3 is 2.17 bits per heavy atom. The molecule has 2 aromatic rings. The van der Waals surface area contributed by atoms with Crippen LogP contribution in [-0.4, -0.2) is 32.0 Å². The van der Waals surface area contributed by atoms with Gasteiger partial charge in [-0.25, -0.2) is 8.42 Å². The molecule has 0 aliphatic carbocycles. The normalized spacial score (nSPS) is 12.5. The summed E-state index contributed by atoms with van der Waals surface area (Å²) in [6.07, 6.45) is 0. The Labute approximate surface area is 180 Å². The molecule has 0 aliphatic rings. The van der Waals surface area contributed by atoms with E-state index in [-0.39, 0.29) is 27.2 Å². The number of amides is 2. The van der Waals surface area contributed by atoms with Crippen molar-refractivity contribution in [2.75, 3.05) is 11.1 Å². The minimum absolute atomic E-state index is 0.00653. The lowest BCUT2D eigenvalue weighted by molar-refractivity contribution is -0.118. The summed E-state index contributed by atoms with van der Waals surface area (Å²) in [5, 5.41) is 5.97. The zero-order valence-electron chi connectivity index (χ0n) is 16.2. The average Bonchev–Trinajstić information content (AvgIpc) is 2.66. The molecular formula is C20H22Cl2N2O4S. The van der Waals surface area contributed by atoms with Crippen LogP contribution in [0.1, 0.15) is 31.1 Å². The molecule has 0 unspecified atom stereocenters. The SMILES string of the molecule is CCS(=O)(=O)c1ccc(NC(=O)[C@H](NC(=O)c2ccc(Cl)cc2Cl)C(C)C)cc1. The van der Waals surface area contributed by atoms with Crippen LogP contribution in [0.5, 0.6) is 0 Å². The number of anilines is 1. The molecular weight excluding hydrogens is 435 g/mol. The number of rotatable bonds is 7. The molecule has 0 aliphatic heterocycles. The fraction of sp³-hybridized carbons (Fsp3) is 0.300. The average molecular weight is 457 g/mol. The number of nitrogens with one attached hydrogen (secondary N) is 2.